The third-order valence-corrected chi connectivity index (χ3v) is 2.94. The van der Waals surface area contributed by atoms with E-state index < -0.39 is 0 Å². The monoisotopic (exact) mass is 258 g/mol. The van der Waals surface area contributed by atoms with Crippen molar-refractivity contribution in [1.29, 1.82) is 0 Å². The van der Waals surface area contributed by atoms with Gasteiger partial charge in [0.2, 0.25) is 0 Å². The summed E-state index contributed by atoms with van der Waals surface area (Å²) in [4.78, 5) is 4.31. The van der Waals surface area contributed by atoms with Gasteiger partial charge in [0.15, 0.2) is 0 Å². The Bertz CT molecular complexity index is 582. The van der Waals surface area contributed by atoms with Gasteiger partial charge in [-0.15, -0.1) is 0 Å². The minimum Gasteiger partial charge on any atom is -0.506 e. The van der Waals surface area contributed by atoms with E-state index in [1.807, 2.05) is 32.0 Å². The number of benzene rings is 1. The molecule has 4 nitrogen and oxygen atoms in total. The topological polar surface area (TPSA) is 54.4 Å². The average Bonchev–Trinajstić information content (AvgIpc) is 2.40. The lowest BCUT2D eigenvalue weighted by Gasteiger charge is -2.10. The number of methoxy groups -OCH3 is 1. The van der Waals surface area contributed by atoms with Crippen LogP contribution in [0.5, 0.6) is 11.5 Å². The Labute approximate surface area is 113 Å². The van der Waals surface area contributed by atoms with Gasteiger partial charge in [0.05, 0.1) is 13.7 Å². The average molecular weight is 258 g/mol. The van der Waals surface area contributed by atoms with Crippen molar-refractivity contribution < 1.29 is 9.84 Å². The summed E-state index contributed by atoms with van der Waals surface area (Å²) in [7, 11) is 1.66. The molecule has 0 atom stereocenters. The lowest BCUT2D eigenvalue weighted by atomic mass is 10.2. The second-order valence-electron chi connectivity index (χ2n) is 4.46. The van der Waals surface area contributed by atoms with Crippen LogP contribution in [0.2, 0.25) is 0 Å². The number of aromatic nitrogens is 1. The first kappa shape index (κ1) is 13.2. The van der Waals surface area contributed by atoms with E-state index in [0.717, 1.165) is 22.7 Å². The molecule has 0 radical (unpaired) electrons. The number of pyridine rings is 1. The van der Waals surface area contributed by atoms with Crippen LogP contribution in [0.4, 0.5) is 5.69 Å². The zero-order valence-corrected chi connectivity index (χ0v) is 11.4. The van der Waals surface area contributed by atoms with Crippen molar-refractivity contribution >= 4 is 5.69 Å². The Morgan fingerprint density at radius 3 is 2.68 bits per heavy atom. The zero-order valence-electron chi connectivity index (χ0n) is 11.4. The first-order valence-corrected chi connectivity index (χ1v) is 6.14. The predicted molar refractivity (Wildman–Crippen MR) is 75.7 cm³/mol. The minimum atomic E-state index is 0.211. The first-order chi connectivity index (χ1) is 9.10. The van der Waals surface area contributed by atoms with Crippen molar-refractivity contribution in [2.45, 2.75) is 20.4 Å². The zero-order chi connectivity index (χ0) is 13.8. The van der Waals surface area contributed by atoms with Gasteiger partial charge in [0, 0.05) is 11.4 Å². The number of aromatic hydroxyl groups is 1. The van der Waals surface area contributed by atoms with E-state index in [0.29, 0.717) is 12.2 Å². The van der Waals surface area contributed by atoms with Crippen LogP contribution in [0, 0.1) is 13.8 Å². The molecular weight excluding hydrogens is 240 g/mol. The molecule has 0 fully saturated rings. The number of ether oxygens (including phenoxy) is 1. The van der Waals surface area contributed by atoms with Crippen molar-refractivity contribution in [2.24, 2.45) is 0 Å². The largest absolute Gasteiger partial charge is 0.506 e. The fourth-order valence-corrected chi connectivity index (χ4v) is 1.91. The maximum absolute atomic E-state index is 9.73. The van der Waals surface area contributed by atoms with Gasteiger partial charge in [-0.1, -0.05) is 0 Å². The third kappa shape index (κ3) is 3.16. The number of rotatable bonds is 4. The molecule has 0 saturated carbocycles. The highest BCUT2D eigenvalue weighted by Gasteiger charge is 2.04. The molecule has 19 heavy (non-hydrogen) atoms. The molecule has 1 aromatic heterocycles. The SMILES string of the molecule is COc1ccc(NCc2nc(C)ccc2O)cc1C. The standard InChI is InChI=1S/C15H18N2O2/c1-10-8-12(5-7-15(10)19-3)16-9-13-14(18)6-4-11(2)17-13/h4-8,16,18H,9H2,1-3H3. The smallest absolute Gasteiger partial charge is 0.138 e. The highest BCUT2D eigenvalue weighted by Crippen LogP contribution is 2.22. The van der Waals surface area contributed by atoms with Crippen molar-refractivity contribution in [2.75, 3.05) is 12.4 Å². The van der Waals surface area contributed by atoms with Crippen molar-refractivity contribution in [1.82, 2.24) is 4.98 Å². The van der Waals surface area contributed by atoms with Crippen LogP contribution >= 0.6 is 0 Å². The van der Waals surface area contributed by atoms with E-state index in [9.17, 15) is 5.11 Å². The molecule has 0 aliphatic rings. The molecule has 2 rings (SSSR count). The van der Waals surface area contributed by atoms with Gasteiger partial charge in [-0.2, -0.15) is 0 Å². The van der Waals surface area contributed by atoms with Crippen LogP contribution in [-0.2, 0) is 6.54 Å². The first-order valence-electron chi connectivity index (χ1n) is 6.14. The van der Waals surface area contributed by atoms with Gasteiger partial charge in [0.25, 0.3) is 0 Å². The molecule has 1 aromatic carbocycles. The normalized spacial score (nSPS) is 10.3. The fraction of sp³-hybridized carbons (Fsp3) is 0.267. The number of nitrogens with zero attached hydrogens (tertiary/aromatic N) is 1. The minimum absolute atomic E-state index is 0.211. The van der Waals surface area contributed by atoms with Crippen LogP contribution < -0.4 is 10.1 Å². The van der Waals surface area contributed by atoms with Crippen molar-refractivity contribution in [3.8, 4) is 11.5 Å². The van der Waals surface area contributed by atoms with Gasteiger partial charge in [-0.3, -0.25) is 4.98 Å². The number of hydrogen-bond acceptors (Lipinski definition) is 4. The van der Waals surface area contributed by atoms with Gasteiger partial charge >= 0.3 is 0 Å². The van der Waals surface area contributed by atoms with Gasteiger partial charge in [-0.25, -0.2) is 0 Å². The molecular formula is C15H18N2O2. The molecule has 100 valence electrons. The Hall–Kier alpha value is -2.23. The molecule has 2 N–H and O–H groups in total. The van der Waals surface area contributed by atoms with Gasteiger partial charge in [0.1, 0.15) is 17.2 Å². The lowest BCUT2D eigenvalue weighted by Crippen LogP contribution is -2.03. The van der Waals surface area contributed by atoms with E-state index in [-0.39, 0.29) is 5.75 Å². The summed E-state index contributed by atoms with van der Waals surface area (Å²) in [5.41, 5.74) is 3.57. The summed E-state index contributed by atoms with van der Waals surface area (Å²) in [5.74, 6) is 1.07. The van der Waals surface area contributed by atoms with E-state index in [1.54, 1.807) is 19.2 Å². The van der Waals surface area contributed by atoms with Gasteiger partial charge in [-0.05, 0) is 49.7 Å². The van der Waals surface area contributed by atoms with E-state index in [1.165, 1.54) is 0 Å². The molecule has 0 bridgehead atoms. The number of hydrogen-bond donors (Lipinski definition) is 2. The summed E-state index contributed by atoms with van der Waals surface area (Å²) in [5, 5.41) is 13.0. The van der Waals surface area contributed by atoms with Crippen LogP contribution in [0.1, 0.15) is 17.0 Å². The molecule has 0 aliphatic carbocycles. The Balaban J connectivity index is 2.10. The summed E-state index contributed by atoms with van der Waals surface area (Å²) in [6.07, 6.45) is 0. The summed E-state index contributed by atoms with van der Waals surface area (Å²) in [6.45, 7) is 4.38. The molecule has 0 spiro atoms. The summed E-state index contributed by atoms with van der Waals surface area (Å²) in [6, 6.07) is 9.32. The number of anilines is 1. The van der Waals surface area contributed by atoms with Crippen molar-refractivity contribution in [3.63, 3.8) is 0 Å². The highest BCUT2D eigenvalue weighted by atomic mass is 16.5. The second-order valence-corrected chi connectivity index (χ2v) is 4.46. The molecule has 4 heteroatoms. The molecule has 0 unspecified atom stereocenters. The quantitative estimate of drug-likeness (QED) is 0.885. The second kappa shape index (κ2) is 5.61. The van der Waals surface area contributed by atoms with E-state index in [4.69, 9.17) is 4.74 Å². The van der Waals surface area contributed by atoms with Crippen molar-refractivity contribution in [3.05, 3.63) is 47.3 Å². The van der Waals surface area contributed by atoms with E-state index in [2.05, 4.69) is 10.3 Å². The third-order valence-electron chi connectivity index (χ3n) is 2.94. The van der Waals surface area contributed by atoms with E-state index >= 15 is 0 Å². The number of nitrogens with one attached hydrogen (secondary N) is 1. The summed E-state index contributed by atoms with van der Waals surface area (Å²) < 4.78 is 5.22. The molecule has 0 saturated heterocycles. The predicted octanol–water partition coefficient (Wildman–Crippen LogP) is 3.02. The molecule has 0 aliphatic heterocycles. The molecule has 0 amide bonds. The highest BCUT2D eigenvalue weighted by molar-refractivity contribution is 5.51. The molecule has 1 heterocycles. The van der Waals surface area contributed by atoms with Crippen LogP contribution in [0.25, 0.3) is 0 Å². The fourth-order valence-electron chi connectivity index (χ4n) is 1.91. The Morgan fingerprint density at radius 2 is 2.00 bits per heavy atom. The Morgan fingerprint density at radius 1 is 1.21 bits per heavy atom. The van der Waals surface area contributed by atoms with Gasteiger partial charge < -0.3 is 15.2 Å². The van der Waals surface area contributed by atoms with Crippen LogP contribution in [0.3, 0.4) is 0 Å². The Kier molecular flexibility index (Phi) is 3.90. The number of aryl methyl sites for hydroxylation is 2. The lowest BCUT2D eigenvalue weighted by molar-refractivity contribution is 0.412. The maximum Gasteiger partial charge on any atom is 0.138 e. The van der Waals surface area contributed by atoms with Crippen LogP contribution in [0.15, 0.2) is 30.3 Å². The van der Waals surface area contributed by atoms with Crippen LogP contribution in [-0.4, -0.2) is 17.2 Å². The maximum atomic E-state index is 9.73. The molecule has 2 aromatic rings. The summed E-state index contributed by atoms with van der Waals surface area (Å²) >= 11 is 0.